The largest absolute Gasteiger partial charge is 0.455 e. The van der Waals surface area contributed by atoms with Gasteiger partial charge in [0, 0.05) is 50.1 Å². The average molecular weight is 717 g/mol. The normalized spacial score (nSPS) is 18.1. The van der Waals surface area contributed by atoms with E-state index in [1.807, 2.05) is 0 Å². The quantitative estimate of drug-likeness (QED) is 0.158. The third-order valence-corrected chi connectivity index (χ3v) is 14.0. The minimum atomic E-state index is -0.175. The van der Waals surface area contributed by atoms with Gasteiger partial charge in [-0.25, -0.2) is 0 Å². The molecule has 6 aromatic carbocycles. The highest BCUT2D eigenvalue weighted by molar-refractivity contribution is 6.94. The summed E-state index contributed by atoms with van der Waals surface area (Å²) in [5, 5.41) is 2.34. The van der Waals surface area contributed by atoms with Gasteiger partial charge >= 0.3 is 6.85 Å². The van der Waals surface area contributed by atoms with Crippen LogP contribution in [0.3, 0.4) is 0 Å². The first-order chi connectivity index (χ1) is 26.2. The van der Waals surface area contributed by atoms with E-state index in [1.54, 1.807) is 0 Å². The van der Waals surface area contributed by atoms with Crippen LogP contribution in [0, 0.1) is 0 Å². The van der Waals surface area contributed by atoms with Crippen LogP contribution in [0.4, 0.5) is 28.4 Å². The lowest BCUT2D eigenvalue weighted by Crippen LogP contribution is -2.62. The molecule has 0 spiro atoms. The highest BCUT2D eigenvalue weighted by Gasteiger charge is 2.51. The summed E-state index contributed by atoms with van der Waals surface area (Å²) >= 11 is 0. The number of benzene rings is 6. The van der Waals surface area contributed by atoms with Gasteiger partial charge in [-0.15, -0.1) is 0 Å². The van der Waals surface area contributed by atoms with Crippen molar-refractivity contribution in [2.45, 2.75) is 96.8 Å². The molecule has 0 amide bonds. The second-order valence-corrected chi connectivity index (χ2v) is 19.6. The molecule has 0 unspecified atom stereocenters. The Morgan fingerprint density at radius 3 is 2.04 bits per heavy atom. The maximum atomic E-state index is 7.07. The van der Waals surface area contributed by atoms with E-state index >= 15 is 0 Å². The Balaban J connectivity index is 1.34. The van der Waals surface area contributed by atoms with Gasteiger partial charge < -0.3 is 14.1 Å². The molecule has 4 heteroatoms. The molecule has 4 heterocycles. The van der Waals surface area contributed by atoms with E-state index in [0.717, 1.165) is 17.6 Å². The molecule has 3 aliphatic heterocycles. The highest BCUT2D eigenvalue weighted by atomic mass is 16.3. The summed E-state index contributed by atoms with van der Waals surface area (Å²) in [5.41, 5.74) is 20.4. The van der Waals surface area contributed by atoms with Gasteiger partial charge in [-0.3, -0.25) is 0 Å². The first-order valence-electron chi connectivity index (χ1n) is 20.3. The van der Waals surface area contributed by atoms with Crippen molar-refractivity contribution in [2.75, 3.05) is 9.71 Å². The van der Waals surface area contributed by atoms with Gasteiger partial charge in [0.15, 0.2) is 0 Å². The molecule has 11 rings (SSSR count). The van der Waals surface area contributed by atoms with E-state index in [9.17, 15) is 0 Å². The number of anilines is 5. The predicted octanol–water partition coefficient (Wildman–Crippen LogP) is 12.6. The summed E-state index contributed by atoms with van der Waals surface area (Å²) in [5.74, 6) is 0. The van der Waals surface area contributed by atoms with E-state index in [2.05, 4.69) is 181 Å². The minimum Gasteiger partial charge on any atom is -0.455 e. The zero-order valence-electron chi connectivity index (χ0n) is 33.7. The molecule has 272 valence electrons. The summed E-state index contributed by atoms with van der Waals surface area (Å²) < 4.78 is 7.07. The lowest BCUT2D eigenvalue weighted by atomic mass is 9.42. The Kier molecular flexibility index (Phi) is 6.36. The van der Waals surface area contributed by atoms with Gasteiger partial charge in [0.1, 0.15) is 11.2 Å². The van der Waals surface area contributed by atoms with Crippen LogP contribution in [0.25, 0.3) is 33.1 Å². The van der Waals surface area contributed by atoms with Crippen molar-refractivity contribution in [1.29, 1.82) is 0 Å². The molecule has 4 aliphatic rings. The number of para-hydroxylation sites is 3. The lowest BCUT2D eigenvalue weighted by molar-refractivity contribution is 0.332. The molecular weight excluding hydrogens is 667 g/mol. The average Bonchev–Trinajstić information content (AvgIpc) is 3.53. The molecule has 0 saturated heterocycles. The van der Waals surface area contributed by atoms with Gasteiger partial charge in [0.05, 0.1) is 5.69 Å². The number of nitrogens with zero attached hydrogens (tertiary/aromatic N) is 2. The van der Waals surface area contributed by atoms with Crippen molar-refractivity contribution >= 4 is 68.1 Å². The van der Waals surface area contributed by atoms with E-state index in [0.29, 0.717) is 0 Å². The van der Waals surface area contributed by atoms with E-state index < -0.39 is 0 Å². The van der Waals surface area contributed by atoms with E-state index in [4.69, 9.17) is 4.42 Å². The fourth-order valence-corrected chi connectivity index (χ4v) is 10.8. The lowest BCUT2D eigenvalue weighted by Gasteiger charge is -2.51. The van der Waals surface area contributed by atoms with Gasteiger partial charge in [-0.1, -0.05) is 129 Å². The standard InChI is InChI=1S/C51H49BN2O/c1-48(2,3)30-21-23-31(24-22-30)54-41-29-38-37(49(4,5)25-26-50(38,6)7)27-34(41)44-45-42(28-33-32-15-10-13-20-43(32)55-47(33)44)53-40-19-12-11-16-35(40)51(8,9)36-17-14-18-39(46(36)53)52(45)54/h10-24,27-29H,25-26H2,1-9H3. The van der Waals surface area contributed by atoms with Crippen molar-refractivity contribution in [3.63, 3.8) is 0 Å². The fraction of sp³-hybridized carbons (Fsp3) is 0.294. The first-order valence-corrected chi connectivity index (χ1v) is 20.3. The Morgan fingerprint density at radius 2 is 1.29 bits per heavy atom. The van der Waals surface area contributed by atoms with Gasteiger partial charge in [-0.2, -0.15) is 0 Å². The Labute approximate surface area is 326 Å². The smallest absolute Gasteiger partial charge is 0.333 e. The van der Waals surface area contributed by atoms with Crippen LogP contribution in [-0.4, -0.2) is 6.85 Å². The zero-order valence-corrected chi connectivity index (χ0v) is 33.7. The molecule has 0 N–H and O–H groups in total. The summed E-state index contributed by atoms with van der Waals surface area (Å²) in [6.07, 6.45) is 2.33. The molecule has 0 saturated carbocycles. The first kappa shape index (κ1) is 33.2. The van der Waals surface area contributed by atoms with Crippen molar-refractivity contribution in [3.8, 4) is 11.1 Å². The topological polar surface area (TPSA) is 19.6 Å². The maximum absolute atomic E-state index is 7.07. The molecule has 0 radical (unpaired) electrons. The molecule has 0 atom stereocenters. The molecule has 0 fully saturated rings. The predicted molar refractivity (Wildman–Crippen MR) is 234 cm³/mol. The molecule has 0 bridgehead atoms. The van der Waals surface area contributed by atoms with Crippen LogP contribution >= 0.6 is 0 Å². The second kappa shape index (κ2) is 10.5. The van der Waals surface area contributed by atoms with Crippen molar-refractivity contribution < 1.29 is 4.42 Å². The SMILES string of the molecule is CC(C)(C)c1ccc(N2B3c4cccc5c4N(c4ccccc4C5(C)C)c4cc5c(oc6ccccc65)c(c43)-c3cc4c(cc32)C(C)(C)CCC4(C)C)cc1. The third kappa shape index (κ3) is 4.29. The fourth-order valence-electron chi connectivity index (χ4n) is 10.8. The number of furan rings is 1. The number of fused-ring (bicyclic) bond motifs is 11. The molecule has 55 heavy (non-hydrogen) atoms. The summed E-state index contributed by atoms with van der Waals surface area (Å²) in [6, 6.07) is 41.9. The van der Waals surface area contributed by atoms with Crippen LogP contribution in [0.1, 0.15) is 103 Å². The van der Waals surface area contributed by atoms with Gasteiger partial charge in [-0.05, 0) is 110 Å². The van der Waals surface area contributed by atoms with Crippen molar-refractivity contribution in [2.24, 2.45) is 0 Å². The number of hydrogen-bond acceptors (Lipinski definition) is 3. The maximum Gasteiger partial charge on any atom is 0.333 e. The van der Waals surface area contributed by atoms with Crippen molar-refractivity contribution in [3.05, 3.63) is 137 Å². The van der Waals surface area contributed by atoms with Crippen LogP contribution in [0.5, 0.6) is 0 Å². The Hall–Kier alpha value is -5.22. The van der Waals surface area contributed by atoms with Crippen molar-refractivity contribution in [1.82, 2.24) is 0 Å². The second-order valence-electron chi connectivity index (χ2n) is 19.6. The van der Waals surface area contributed by atoms with Crippen LogP contribution in [0.15, 0.2) is 114 Å². The van der Waals surface area contributed by atoms with Crippen LogP contribution < -0.4 is 20.6 Å². The van der Waals surface area contributed by atoms with Crippen LogP contribution in [0.2, 0.25) is 0 Å². The summed E-state index contributed by atoms with van der Waals surface area (Å²) in [6.45, 7) is 21.5. The van der Waals surface area contributed by atoms with E-state index in [-0.39, 0.29) is 28.5 Å². The molecular formula is C51H49BN2O. The summed E-state index contributed by atoms with van der Waals surface area (Å²) in [4.78, 5) is 5.31. The number of rotatable bonds is 1. The Bertz CT molecular complexity index is 2790. The molecule has 1 aliphatic carbocycles. The number of hydrogen-bond donors (Lipinski definition) is 0. The van der Waals surface area contributed by atoms with Crippen LogP contribution in [-0.2, 0) is 21.7 Å². The highest BCUT2D eigenvalue weighted by Crippen LogP contribution is 2.58. The zero-order chi connectivity index (χ0) is 38.0. The monoisotopic (exact) mass is 716 g/mol. The Morgan fingerprint density at radius 1 is 0.618 bits per heavy atom. The van der Waals surface area contributed by atoms with Gasteiger partial charge in [0.25, 0.3) is 0 Å². The van der Waals surface area contributed by atoms with E-state index in [1.165, 1.54) is 95.5 Å². The molecule has 7 aromatic rings. The molecule has 3 nitrogen and oxygen atoms in total. The molecule has 1 aromatic heterocycles. The third-order valence-electron chi connectivity index (χ3n) is 14.0. The summed E-state index contributed by atoms with van der Waals surface area (Å²) in [7, 11) is 0. The van der Waals surface area contributed by atoms with Gasteiger partial charge in [0.2, 0.25) is 0 Å². The minimum absolute atomic E-state index is 0.0522.